The maximum atomic E-state index is 12.2. The van der Waals surface area contributed by atoms with Crippen LogP contribution in [-0.2, 0) is 11.2 Å². The quantitative estimate of drug-likeness (QED) is 0.832. The van der Waals surface area contributed by atoms with Crippen LogP contribution in [0.5, 0.6) is 0 Å². The fourth-order valence-electron chi connectivity index (χ4n) is 2.81. The molecule has 1 aromatic heterocycles. The molecule has 0 aliphatic carbocycles. The van der Waals surface area contributed by atoms with Gasteiger partial charge in [-0.05, 0) is 18.8 Å². The Kier molecular flexibility index (Phi) is 6.38. The molecule has 2 rings (SSSR count). The minimum absolute atomic E-state index is 0.0570. The van der Waals surface area contributed by atoms with Gasteiger partial charge in [-0.15, -0.1) is 11.3 Å². The van der Waals surface area contributed by atoms with Crippen molar-refractivity contribution in [1.29, 1.82) is 0 Å². The first-order chi connectivity index (χ1) is 11.0. The van der Waals surface area contributed by atoms with Gasteiger partial charge in [0.2, 0.25) is 5.91 Å². The maximum absolute atomic E-state index is 12.2. The topological polar surface area (TPSA) is 88.3 Å². The molecule has 1 unspecified atom stereocenters. The van der Waals surface area contributed by atoms with Crippen molar-refractivity contribution in [2.75, 3.05) is 19.6 Å². The van der Waals surface area contributed by atoms with Crippen molar-refractivity contribution in [3.05, 3.63) is 16.1 Å². The van der Waals surface area contributed by atoms with E-state index in [4.69, 9.17) is 5.73 Å². The van der Waals surface area contributed by atoms with Gasteiger partial charge in [-0.1, -0.05) is 13.8 Å². The molecule has 1 aliphatic rings. The number of primary amides is 1. The van der Waals surface area contributed by atoms with Crippen LogP contribution in [0, 0.1) is 5.92 Å². The number of carbonyl (C=O) groups is 2. The predicted octanol–water partition coefficient (Wildman–Crippen LogP) is 2.11. The van der Waals surface area contributed by atoms with Crippen LogP contribution in [0.4, 0.5) is 4.79 Å². The van der Waals surface area contributed by atoms with Crippen LogP contribution in [0.1, 0.15) is 49.7 Å². The standard InChI is InChI=1S/C16H26N4O2S/c1-11(2)15-19-13(10-23-15)5-6-18-16(22)20-7-3-4-12(9-20)8-14(17)21/h10-12H,3-9H2,1-2H3,(H2,17,21)(H,18,22). The van der Waals surface area contributed by atoms with Crippen LogP contribution >= 0.6 is 11.3 Å². The lowest BCUT2D eigenvalue weighted by atomic mass is 9.95. The number of rotatable bonds is 6. The van der Waals surface area contributed by atoms with Crippen molar-refractivity contribution < 1.29 is 9.59 Å². The average molecular weight is 338 g/mol. The highest BCUT2D eigenvalue weighted by Gasteiger charge is 2.24. The normalized spacial score (nSPS) is 18.2. The zero-order chi connectivity index (χ0) is 16.8. The fraction of sp³-hybridized carbons (Fsp3) is 0.688. The highest BCUT2D eigenvalue weighted by Crippen LogP contribution is 2.20. The van der Waals surface area contributed by atoms with E-state index in [0.29, 0.717) is 25.4 Å². The molecule has 1 atom stereocenters. The minimum atomic E-state index is -0.290. The van der Waals surface area contributed by atoms with Crippen LogP contribution in [0.15, 0.2) is 5.38 Å². The van der Waals surface area contributed by atoms with E-state index in [1.807, 2.05) is 0 Å². The number of hydrogen-bond acceptors (Lipinski definition) is 4. The minimum Gasteiger partial charge on any atom is -0.370 e. The number of amides is 3. The van der Waals surface area contributed by atoms with E-state index in [9.17, 15) is 9.59 Å². The number of nitrogens with one attached hydrogen (secondary N) is 1. The molecule has 0 saturated carbocycles. The van der Waals surface area contributed by atoms with Gasteiger partial charge in [-0.25, -0.2) is 9.78 Å². The van der Waals surface area contributed by atoms with Crippen molar-refractivity contribution >= 4 is 23.3 Å². The maximum Gasteiger partial charge on any atom is 0.317 e. The van der Waals surface area contributed by atoms with Gasteiger partial charge >= 0.3 is 6.03 Å². The van der Waals surface area contributed by atoms with Gasteiger partial charge < -0.3 is 16.0 Å². The zero-order valence-electron chi connectivity index (χ0n) is 13.9. The van der Waals surface area contributed by atoms with E-state index in [-0.39, 0.29) is 17.9 Å². The van der Waals surface area contributed by atoms with Crippen LogP contribution in [0.2, 0.25) is 0 Å². The summed E-state index contributed by atoms with van der Waals surface area (Å²) in [5.74, 6) is 0.347. The van der Waals surface area contributed by atoms with E-state index in [1.54, 1.807) is 16.2 Å². The molecule has 0 bridgehead atoms. The molecule has 3 N–H and O–H groups in total. The van der Waals surface area contributed by atoms with Crippen LogP contribution < -0.4 is 11.1 Å². The van der Waals surface area contributed by atoms with E-state index in [0.717, 1.165) is 36.5 Å². The molecule has 0 radical (unpaired) electrons. The van der Waals surface area contributed by atoms with E-state index >= 15 is 0 Å². The van der Waals surface area contributed by atoms with E-state index < -0.39 is 0 Å². The first-order valence-electron chi connectivity index (χ1n) is 8.21. The van der Waals surface area contributed by atoms with Gasteiger partial charge in [0.05, 0.1) is 10.7 Å². The van der Waals surface area contributed by atoms with Gasteiger partial charge in [0.25, 0.3) is 0 Å². The van der Waals surface area contributed by atoms with Crippen molar-refractivity contribution in [2.45, 2.75) is 45.4 Å². The number of nitrogens with two attached hydrogens (primary N) is 1. The second-order valence-electron chi connectivity index (χ2n) is 6.44. The van der Waals surface area contributed by atoms with Gasteiger partial charge in [-0.2, -0.15) is 0 Å². The summed E-state index contributed by atoms with van der Waals surface area (Å²) in [6.07, 6.45) is 2.99. The molecule has 3 amide bonds. The van der Waals surface area contributed by atoms with Gasteiger partial charge in [0.15, 0.2) is 0 Å². The summed E-state index contributed by atoms with van der Waals surface area (Å²) >= 11 is 1.67. The summed E-state index contributed by atoms with van der Waals surface area (Å²) in [5, 5.41) is 6.15. The molecule has 0 aromatic carbocycles. The Balaban J connectivity index is 1.74. The van der Waals surface area contributed by atoms with Crippen molar-refractivity contribution in [3.8, 4) is 0 Å². The summed E-state index contributed by atoms with van der Waals surface area (Å²) in [7, 11) is 0. The van der Waals surface area contributed by atoms with Crippen molar-refractivity contribution in [2.24, 2.45) is 11.7 Å². The largest absolute Gasteiger partial charge is 0.370 e. The Hall–Kier alpha value is -1.63. The van der Waals surface area contributed by atoms with E-state index in [2.05, 4.69) is 29.5 Å². The third-order valence-corrected chi connectivity index (χ3v) is 5.21. The summed E-state index contributed by atoms with van der Waals surface area (Å²) in [6.45, 7) is 6.20. The smallest absolute Gasteiger partial charge is 0.317 e. The highest BCUT2D eigenvalue weighted by molar-refractivity contribution is 7.09. The summed E-state index contributed by atoms with van der Waals surface area (Å²) in [5.41, 5.74) is 6.28. The Bertz CT molecular complexity index is 544. The summed E-state index contributed by atoms with van der Waals surface area (Å²) < 4.78 is 0. The lowest BCUT2D eigenvalue weighted by Gasteiger charge is -2.32. The number of nitrogens with zero attached hydrogens (tertiary/aromatic N) is 2. The molecule has 2 heterocycles. The molecule has 0 spiro atoms. The Morgan fingerprint density at radius 3 is 2.96 bits per heavy atom. The zero-order valence-corrected chi connectivity index (χ0v) is 14.7. The van der Waals surface area contributed by atoms with Crippen LogP contribution in [0.3, 0.4) is 0 Å². The second kappa shape index (κ2) is 8.29. The molecule has 7 heteroatoms. The number of hydrogen-bond donors (Lipinski definition) is 2. The Morgan fingerprint density at radius 1 is 1.52 bits per heavy atom. The Labute approximate surface area is 141 Å². The number of aromatic nitrogens is 1. The molecule has 6 nitrogen and oxygen atoms in total. The van der Waals surface area contributed by atoms with Gasteiger partial charge in [-0.3, -0.25) is 4.79 Å². The number of carbonyl (C=O) groups excluding carboxylic acids is 2. The number of likely N-dealkylation sites (tertiary alicyclic amines) is 1. The molecule has 1 saturated heterocycles. The molecule has 128 valence electrons. The SMILES string of the molecule is CC(C)c1nc(CCNC(=O)N2CCCC(CC(N)=O)C2)cs1. The molecular weight excluding hydrogens is 312 g/mol. The third-order valence-electron chi connectivity index (χ3n) is 4.02. The van der Waals surface area contributed by atoms with Crippen molar-refractivity contribution in [3.63, 3.8) is 0 Å². The van der Waals surface area contributed by atoms with Crippen LogP contribution in [-0.4, -0.2) is 41.5 Å². The van der Waals surface area contributed by atoms with Crippen LogP contribution in [0.25, 0.3) is 0 Å². The lowest BCUT2D eigenvalue weighted by Crippen LogP contribution is -2.46. The second-order valence-corrected chi connectivity index (χ2v) is 7.33. The number of thiazole rings is 1. The molecule has 23 heavy (non-hydrogen) atoms. The average Bonchev–Trinajstić information content (AvgIpc) is 2.96. The van der Waals surface area contributed by atoms with Gasteiger partial charge in [0.1, 0.15) is 0 Å². The predicted molar refractivity (Wildman–Crippen MR) is 91.4 cm³/mol. The molecule has 1 aromatic rings. The monoisotopic (exact) mass is 338 g/mol. The van der Waals surface area contributed by atoms with Gasteiger partial charge in [0, 0.05) is 43.8 Å². The molecule has 1 fully saturated rings. The Morgan fingerprint density at radius 2 is 2.30 bits per heavy atom. The molecular formula is C16H26N4O2S. The summed E-state index contributed by atoms with van der Waals surface area (Å²) in [4.78, 5) is 29.6. The number of urea groups is 1. The summed E-state index contributed by atoms with van der Waals surface area (Å²) in [6, 6.07) is -0.0570. The fourth-order valence-corrected chi connectivity index (χ4v) is 3.68. The first kappa shape index (κ1) is 17.7. The molecule has 1 aliphatic heterocycles. The highest BCUT2D eigenvalue weighted by atomic mass is 32.1. The number of piperidine rings is 1. The van der Waals surface area contributed by atoms with Crippen molar-refractivity contribution in [1.82, 2.24) is 15.2 Å². The third kappa shape index (κ3) is 5.49. The van der Waals surface area contributed by atoms with E-state index in [1.165, 1.54) is 0 Å². The first-order valence-corrected chi connectivity index (χ1v) is 9.09. The lowest BCUT2D eigenvalue weighted by molar-refractivity contribution is -0.119.